The molecule has 0 bridgehead atoms. The fraction of sp³-hybridized carbons (Fsp3) is 0.333. The van der Waals surface area contributed by atoms with E-state index in [4.69, 9.17) is 0 Å². The Morgan fingerprint density at radius 2 is 1.25 bits per heavy atom. The lowest BCUT2D eigenvalue weighted by atomic mass is 11.3. The molecule has 4 heavy (non-hydrogen) atoms. The number of rotatable bonds is 0. The lowest BCUT2D eigenvalue weighted by molar-refractivity contribution is 0.636. The van der Waals surface area contributed by atoms with Gasteiger partial charge in [-0.15, -0.1) is 13.2 Å². The van der Waals surface area contributed by atoms with E-state index in [-0.39, 0.29) is 0 Å². The Labute approximate surface area is 26.0 Å². The van der Waals surface area contributed by atoms with Crippen molar-refractivity contribution >= 4 is 0 Å². The monoisotopic (exact) mass is 62.1 g/mol. The molecule has 0 aliphatic carbocycles. The van der Waals surface area contributed by atoms with E-state index >= 15 is 0 Å². The van der Waals surface area contributed by atoms with Gasteiger partial charge in [0.15, 0.2) is 0 Å². The van der Waals surface area contributed by atoms with Gasteiger partial charge < -0.3 is 0 Å². The molecule has 0 N–H and O–H groups in total. The van der Waals surface area contributed by atoms with Crippen LogP contribution in [0, 0.1) is 0 Å². The maximum Gasteiger partial charge on any atom is 0.0785 e. The van der Waals surface area contributed by atoms with Crippen LogP contribution in [-0.4, -0.2) is 7.18 Å². The van der Waals surface area contributed by atoms with Crippen molar-refractivity contribution in [2.45, 2.75) is 0 Å². The Balaban J connectivity index is 0. The fourth-order valence-corrected chi connectivity index (χ4v) is 0. The smallest absolute Gasteiger partial charge is 0.0785 e. The highest BCUT2D eigenvalue weighted by Gasteiger charge is 0.926. The van der Waals surface area contributed by atoms with E-state index in [1.807, 2.05) is 0 Å². The number of alkyl halides is 1. The minimum Gasteiger partial charge on any atom is -0.255 e. The van der Waals surface area contributed by atoms with Gasteiger partial charge in [-0.2, -0.15) is 0 Å². The first-order chi connectivity index (χ1) is 2.00. The largest absolute Gasteiger partial charge is 0.255 e. The quantitative estimate of drug-likeness (QED) is 0.372. The number of halogens is 1. The zero-order valence-electron chi connectivity index (χ0n) is 2.79. The zero-order chi connectivity index (χ0) is 4.00. The fourth-order valence-electron chi connectivity index (χ4n) is 0. The van der Waals surface area contributed by atoms with E-state index in [0.717, 1.165) is 0 Å². The molecule has 0 aliphatic rings. The molecule has 0 amide bonds. The molecule has 26 valence electrons. The van der Waals surface area contributed by atoms with Crippen molar-refractivity contribution in [2.75, 3.05) is 7.18 Å². The van der Waals surface area contributed by atoms with Gasteiger partial charge in [0.05, 0.1) is 7.18 Å². The highest BCUT2D eigenvalue weighted by Crippen LogP contribution is 1.16. The highest BCUT2D eigenvalue weighted by atomic mass is 19.1. The molecular formula is C3H7F. The van der Waals surface area contributed by atoms with Crippen molar-refractivity contribution in [2.24, 2.45) is 0 Å². The molecular weight excluding hydrogens is 55.0 g/mol. The molecule has 0 nitrogen and oxygen atoms in total. The lowest BCUT2D eigenvalue weighted by Gasteiger charge is -1.10. The molecule has 0 heterocycles. The van der Waals surface area contributed by atoms with Gasteiger partial charge in [0.1, 0.15) is 0 Å². The Morgan fingerprint density at radius 3 is 1.25 bits per heavy atom. The van der Waals surface area contributed by atoms with Gasteiger partial charge in [0.2, 0.25) is 0 Å². The summed E-state index contributed by atoms with van der Waals surface area (Å²) in [6.07, 6.45) is 0. The standard InChI is InChI=1S/C2H4.CH3F/c2*1-2/h1-2H2;1H3. The number of hydrogen-bond acceptors (Lipinski definition) is 0. The van der Waals surface area contributed by atoms with Crippen molar-refractivity contribution < 1.29 is 4.39 Å². The van der Waals surface area contributed by atoms with E-state index in [0.29, 0.717) is 7.18 Å². The third kappa shape index (κ3) is 6.88. The van der Waals surface area contributed by atoms with Crippen LogP contribution in [0.3, 0.4) is 0 Å². The van der Waals surface area contributed by atoms with Crippen molar-refractivity contribution in [3.63, 3.8) is 0 Å². The van der Waals surface area contributed by atoms with E-state index in [1.165, 1.54) is 0 Å². The average molecular weight is 62.1 g/mol. The molecule has 0 saturated carbocycles. The van der Waals surface area contributed by atoms with Crippen molar-refractivity contribution in [1.82, 2.24) is 0 Å². The normalized spacial score (nSPS) is 2.50. The maximum absolute atomic E-state index is 9.50. The molecule has 0 saturated heterocycles. The molecule has 0 rings (SSSR count). The summed E-state index contributed by atoms with van der Waals surface area (Å²) in [4.78, 5) is 0. The number of hydrogen-bond donors (Lipinski definition) is 0. The third-order valence-electron chi connectivity index (χ3n) is 0. The topological polar surface area (TPSA) is 0 Å². The Morgan fingerprint density at radius 1 is 1.25 bits per heavy atom. The van der Waals surface area contributed by atoms with Gasteiger partial charge in [-0.3, -0.25) is 4.39 Å². The van der Waals surface area contributed by atoms with E-state index in [2.05, 4.69) is 13.2 Å². The zero-order valence-corrected chi connectivity index (χ0v) is 2.79. The molecule has 0 fully saturated rings. The van der Waals surface area contributed by atoms with Crippen LogP contribution < -0.4 is 0 Å². The third-order valence-corrected chi connectivity index (χ3v) is 0. The second-order valence-electron chi connectivity index (χ2n) is 0. The Bertz CT molecular complexity index is 3.25. The summed E-state index contributed by atoms with van der Waals surface area (Å²) in [6.45, 7) is 6.00. The van der Waals surface area contributed by atoms with Crippen LogP contribution in [0.25, 0.3) is 0 Å². The van der Waals surface area contributed by atoms with E-state index in [9.17, 15) is 4.39 Å². The second kappa shape index (κ2) is 68.4. The molecule has 0 aromatic heterocycles. The minimum absolute atomic E-state index is 0.500. The second-order valence-corrected chi connectivity index (χ2v) is 0. The van der Waals surface area contributed by atoms with Crippen molar-refractivity contribution in [1.29, 1.82) is 0 Å². The summed E-state index contributed by atoms with van der Waals surface area (Å²) in [6, 6.07) is 0. The first-order valence-electron chi connectivity index (χ1n) is 0.878. The predicted molar refractivity (Wildman–Crippen MR) is 18.3 cm³/mol. The summed E-state index contributed by atoms with van der Waals surface area (Å²) in [5.74, 6) is 0. The molecule has 0 aromatic rings. The van der Waals surface area contributed by atoms with Gasteiger partial charge in [0.25, 0.3) is 0 Å². The molecule has 1 heteroatoms. The van der Waals surface area contributed by atoms with Crippen LogP contribution in [0.4, 0.5) is 4.39 Å². The van der Waals surface area contributed by atoms with Gasteiger partial charge in [-0.05, 0) is 0 Å². The average Bonchev–Trinajstić information content (AvgIpc) is 1.50. The molecule has 0 atom stereocenters. The SMILES string of the molecule is C=C.CF. The van der Waals surface area contributed by atoms with Crippen LogP contribution >= 0.6 is 0 Å². The minimum atomic E-state index is 0.500. The first-order valence-corrected chi connectivity index (χ1v) is 0.878. The van der Waals surface area contributed by atoms with Crippen LogP contribution in [0.2, 0.25) is 0 Å². The van der Waals surface area contributed by atoms with Gasteiger partial charge in [-0.1, -0.05) is 0 Å². The van der Waals surface area contributed by atoms with E-state index in [1.54, 1.807) is 0 Å². The summed E-state index contributed by atoms with van der Waals surface area (Å²) in [5.41, 5.74) is 0. The van der Waals surface area contributed by atoms with Gasteiger partial charge >= 0.3 is 0 Å². The Hall–Kier alpha value is -0.330. The molecule has 0 spiro atoms. The molecule has 0 aromatic carbocycles. The van der Waals surface area contributed by atoms with Crippen LogP contribution in [0.15, 0.2) is 13.2 Å². The molecule has 0 unspecified atom stereocenters. The summed E-state index contributed by atoms with van der Waals surface area (Å²) < 4.78 is 9.50. The highest BCUT2D eigenvalue weighted by molar-refractivity contribution is 4.22. The summed E-state index contributed by atoms with van der Waals surface area (Å²) >= 11 is 0. The van der Waals surface area contributed by atoms with Crippen LogP contribution in [0.5, 0.6) is 0 Å². The summed E-state index contributed by atoms with van der Waals surface area (Å²) in [5, 5.41) is 0. The molecule has 0 aliphatic heterocycles. The molecule has 0 radical (unpaired) electrons. The van der Waals surface area contributed by atoms with Crippen LogP contribution in [-0.2, 0) is 0 Å². The van der Waals surface area contributed by atoms with Crippen molar-refractivity contribution in [3.05, 3.63) is 13.2 Å². The van der Waals surface area contributed by atoms with Gasteiger partial charge in [-0.25, -0.2) is 0 Å². The first kappa shape index (κ1) is 9.38. The lowest BCUT2D eigenvalue weighted by Crippen LogP contribution is -0.939. The van der Waals surface area contributed by atoms with Crippen LogP contribution in [0.1, 0.15) is 0 Å². The maximum atomic E-state index is 9.50. The summed E-state index contributed by atoms with van der Waals surface area (Å²) in [7, 11) is 0.500. The predicted octanol–water partition coefficient (Wildman–Crippen LogP) is 1.39. The van der Waals surface area contributed by atoms with E-state index < -0.39 is 0 Å². The Kier molecular flexibility index (Phi) is 160. The van der Waals surface area contributed by atoms with Gasteiger partial charge in [0, 0.05) is 0 Å². The van der Waals surface area contributed by atoms with Crippen molar-refractivity contribution in [3.8, 4) is 0 Å².